The van der Waals surface area contributed by atoms with Gasteiger partial charge in [-0.15, -0.1) is 0 Å². The van der Waals surface area contributed by atoms with Crippen LogP contribution in [0.3, 0.4) is 0 Å². The summed E-state index contributed by atoms with van der Waals surface area (Å²) >= 11 is 0. The van der Waals surface area contributed by atoms with E-state index in [2.05, 4.69) is 0 Å². The highest BCUT2D eigenvalue weighted by molar-refractivity contribution is 6.02. The number of ether oxygens (including phenoxy) is 2. The molecule has 0 aliphatic carbocycles. The van der Waals surface area contributed by atoms with Gasteiger partial charge in [-0.1, -0.05) is 36.4 Å². The van der Waals surface area contributed by atoms with Gasteiger partial charge in [0.2, 0.25) is 0 Å². The van der Waals surface area contributed by atoms with E-state index in [1.165, 1.54) is 6.26 Å². The molecule has 18 heavy (non-hydrogen) atoms. The van der Waals surface area contributed by atoms with Crippen molar-refractivity contribution in [1.29, 1.82) is 0 Å². The molecular formula is C15H10O3. The van der Waals surface area contributed by atoms with Crippen molar-refractivity contribution >= 4 is 11.7 Å². The Morgan fingerprint density at radius 3 is 2.33 bits per heavy atom. The van der Waals surface area contributed by atoms with E-state index in [0.717, 1.165) is 5.56 Å². The third-order valence-corrected chi connectivity index (χ3v) is 2.66. The number of fused-ring (bicyclic) bond motifs is 1. The van der Waals surface area contributed by atoms with Crippen molar-refractivity contribution in [3.05, 3.63) is 72.0 Å². The summed E-state index contributed by atoms with van der Waals surface area (Å²) in [4.78, 5) is 11.6. The molecule has 3 heteroatoms. The van der Waals surface area contributed by atoms with E-state index < -0.39 is 0 Å². The van der Waals surface area contributed by atoms with Crippen LogP contribution in [0.25, 0.3) is 5.76 Å². The molecule has 0 radical (unpaired) electrons. The van der Waals surface area contributed by atoms with Crippen LogP contribution < -0.4 is 4.74 Å². The summed E-state index contributed by atoms with van der Waals surface area (Å²) in [5.41, 5.74) is 1.33. The molecule has 0 saturated carbocycles. The van der Waals surface area contributed by atoms with Gasteiger partial charge < -0.3 is 9.47 Å². The largest absolute Gasteiger partial charge is 0.461 e. The number of carbonyl (C=O) groups is 1. The Morgan fingerprint density at radius 2 is 1.56 bits per heavy atom. The van der Waals surface area contributed by atoms with Crippen molar-refractivity contribution in [2.75, 3.05) is 0 Å². The van der Waals surface area contributed by atoms with E-state index in [-0.39, 0.29) is 5.97 Å². The molecule has 0 spiro atoms. The first-order chi connectivity index (χ1) is 8.84. The summed E-state index contributed by atoms with van der Waals surface area (Å²) in [6.07, 6.45) is 1.46. The monoisotopic (exact) mass is 238 g/mol. The zero-order chi connectivity index (χ0) is 12.4. The number of benzene rings is 2. The summed E-state index contributed by atoms with van der Waals surface area (Å²) in [5, 5.41) is 0. The van der Waals surface area contributed by atoms with Crippen LogP contribution in [-0.4, -0.2) is 5.97 Å². The summed E-state index contributed by atoms with van der Waals surface area (Å²) in [7, 11) is 0. The maximum absolute atomic E-state index is 11.6. The van der Waals surface area contributed by atoms with Gasteiger partial charge in [0.25, 0.3) is 0 Å². The molecule has 0 N–H and O–H groups in total. The first kappa shape index (κ1) is 10.6. The lowest BCUT2D eigenvalue weighted by Crippen LogP contribution is -1.92. The van der Waals surface area contributed by atoms with Crippen LogP contribution in [-0.2, 0) is 4.74 Å². The number of carbonyl (C=O) groups excluding carboxylic acids is 1. The Labute approximate surface area is 104 Å². The number of esters is 1. The summed E-state index contributed by atoms with van der Waals surface area (Å²) in [6, 6.07) is 16.6. The second kappa shape index (κ2) is 4.37. The van der Waals surface area contributed by atoms with Crippen molar-refractivity contribution in [2.24, 2.45) is 0 Å². The number of hydrogen-bond donors (Lipinski definition) is 0. The average molecular weight is 238 g/mol. The van der Waals surface area contributed by atoms with E-state index in [4.69, 9.17) is 9.47 Å². The van der Waals surface area contributed by atoms with Crippen molar-refractivity contribution in [3.8, 4) is 5.75 Å². The number of para-hydroxylation sites is 1. The normalized spacial score (nSPS) is 15.3. The second-order valence-corrected chi connectivity index (χ2v) is 3.85. The molecule has 2 aromatic carbocycles. The molecule has 0 amide bonds. The van der Waals surface area contributed by atoms with Gasteiger partial charge in [0.1, 0.15) is 12.0 Å². The van der Waals surface area contributed by atoms with Crippen LogP contribution in [0.1, 0.15) is 15.9 Å². The molecular weight excluding hydrogens is 228 g/mol. The van der Waals surface area contributed by atoms with Crippen LogP contribution in [0.15, 0.2) is 60.9 Å². The third-order valence-electron chi connectivity index (χ3n) is 2.66. The van der Waals surface area contributed by atoms with E-state index in [9.17, 15) is 4.79 Å². The van der Waals surface area contributed by atoms with Crippen molar-refractivity contribution < 1.29 is 14.3 Å². The molecule has 0 atom stereocenters. The summed E-state index contributed by atoms with van der Waals surface area (Å²) in [5.74, 6) is 0.804. The minimum Gasteiger partial charge on any atom is -0.461 e. The fourth-order valence-corrected chi connectivity index (χ4v) is 1.79. The van der Waals surface area contributed by atoms with Crippen molar-refractivity contribution in [2.45, 2.75) is 0 Å². The lowest BCUT2D eigenvalue weighted by atomic mass is 10.1. The number of hydrogen-bond acceptors (Lipinski definition) is 3. The molecule has 0 bridgehead atoms. The zero-order valence-electron chi connectivity index (χ0n) is 9.50. The fourth-order valence-electron chi connectivity index (χ4n) is 1.79. The van der Waals surface area contributed by atoms with Crippen LogP contribution in [0.4, 0.5) is 0 Å². The standard InChI is InChI=1S/C15H10O3/c16-15-13-9-5-4-8-12(13)14(18-15)10-17-11-6-2-1-3-7-11/h1-10H/b14-10+. The SMILES string of the molecule is O=C1O/C(=C/Oc2ccccc2)c2ccccc21. The van der Waals surface area contributed by atoms with Crippen LogP contribution >= 0.6 is 0 Å². The highest BCUT2D eigenvalue weighted by atomic mass is 16.6. The van der Waals surface area contributed by atoms with Crippen molar-refractivity contribution in [3.63, 3.8) is 0 Å². The molecule has 0 aromatic heterocycles. The minimum absolute atomic E-state index is 0.339. The smallest absolute Gasteiger partial charge is 0.344 e. The molecule has 0 fully saturated rings. The van der Waals surface area contributed by atoms with Gasteiger partial charge in [0.15, 0.2) is 5.76 Å². The Hall–Kier alpha value is -2.55. The molecule has 1 aliphatic heterocycles. The van der Waals surface area contributed by atoms with E-state index in [1.54, 1.807) is 12.1 Å². The molecule has 3 rings (SSSR count). The predicted molar refractivity (Wildman–Crippen MR) is 66.9 cm³/mol. The topological polar surface area (TPSA) is 35.5 Å². The highest BCUT2D eigenvalue weighted by Crippen LogP contribution is 2.29. The zero-order valence-corrected chi connectivity index (χ0v) is 9.50. The first-order valence-corrected chi connectivity index (χ1v) is 5.58. The van der Waals surface area contributed by atoms with Gasteiger partial charge >= 0.3 is 5.97 Å². The molecule has 2 aromatic rings. The predicted octanol–water partition coefficient (Wildman–Crippen LogP) is 3.23. The van der Waals surface area contributed by atoms with E-state index in [0.29, 0.717) is 17.1 Å². The second-order valence-electron chi connectivity index (χ2n) is 3.85. The highest BCUT2D eigenvalue weighted by Gasteiger charge is 2.25. The quantitative estimate of drug-likeness (QED) is 0.595. The minimum atomic E-state index is -0.339. The van der Waals surface area contributed by atoms with Gasteiger partial charge in [-0.25, -0.2) is 4.79 Å². The van der Waals surface area contributed by atoms with Crippen LogP contribution in [0.2, 0.25) is 0 Å². The Morgan fingerprint density at radius 1 is 0.889 bits per heavy atom. The Bertz CT molecular complexity index is 615. The van der Waals surface area contributed by atoms with Gasteiger partial charge in [0.05, 0.1) is 5.56 Å². The van der Waals surface area contributed by atoms with Crippen molar-refractivity contribution in [1.82, 2.24) is 0 Å². The maximum Gasteiger partial charge on any atom is 0.344 e. The first-order valence-electron chi connectivity index (χ1n) is 5.58. The van der Waals surface area contributed by atoms with Gasteiger partial charge in [0, 0.05) is 5.56 Å². The number of rotatable bonds is 2. The third kappa shape index (κ3) is 1.86. The molecule has 88 valence electrons. The molecule has 1 heterocycles. The summed E-state index contributed by atoms with van der Waals surface area (Å²) in [6.45, 7) is 0. The Balaban J connectivity index is 1.89. The van der Waals surface area contributed by atoms with Gasteiger partial charge in [-0.05, 0) is 18.2 Å². The Kier molecular flexibility index (Phi) is 2.57. The molecule has 0 saturated heterocycles. The van der Waals surface area contributed by atoms with E-state index in [1.807, 2.05) is 42.5 Å². The van der Waals surface area contributed by atoms with E-state index >= 15 is 0 Å². The lowest BCUT2D eigenvalue weighted by Gasteiger charge is -2.01. The molecule has 1 aliphatic rings. The molecule has 0 unspecified atom stereocenters. The average Bonchev–Trinajstić information content (AvgIpc) is 2.75. The number of cyclic esters (lactones) is 1. The summed E-state index contributed by atoms with van der Waals surface area (Å²) < 4.78 is 10.6. The van der Waals surface area contributed by atoms with Gasteiger partial charge in [-0.3, -0.25) is 0 Å². The lowest BCUT2D eigenvalue weighted by molar-refractivity contribution is 0.0712. The maximum atomic E-state index is 11.6. The fraction of sp³-hybridized carbons (Fsp3) is 0. The van der Waals surface area contributed by atoms with Crippen LogP contribution in [0, 0.1) is 0 Å². The van der Waals surface area contributed by atoms with Gasteiger partial charge in [-0.2, -0.15) is 0 Å². The van der Waals surface area contributed by atoms with Crippen LogP contribution in [0.5, 0.6) is 5.75 Å². The molecule has 3 nitrogen and oxygen atoms in total.